The molecule has 442 valence electrons. The van der Waals surface area contributed by atoms with E-state index in [1.54, 1.807) is 0 Å². The fourth-order valence-corrected chi connectivity index (χ4v) is 9.76. The number of amides is 1. The van der Waals surface area contributed by atoms with Gasteiger partial charge in [-0.25, -0.2) is 4.57 Å². The molecule has 0 heterocycles. The number of nitrogens with one attached hydrogen (secondary N) is 1. The van der Waals surface area contributed by atoms with Crippen molar-refractivity contribution in [3.05, 3.63) is 72.9 Å². The maximum absolute atomic E-state index is 13.5. The Hall–Kier alpha value is -2.55. The smallest absolute Gasteiger partial charge is 0.456 e. The number of hydrogen-bond acceptors (Lipinski definition) is 6. The number of phosphoric acid groups is 1. The fraction of sp³-hybridized carbons (Fsp3) is 0.788. The second-order valence-electron chi connectivity index (χ2n) is 22.6. The van der Waals surface area contributed by atoms with Crippen LogP contribution in [0.2, 0.25) is 0 Å². The van der Waals surface area contributed by atoms with Crippen LogP contribution < -0.4 is 5.32 Å². The van der Waals surface area contributed by atoms with Gasteiger partial charge in [0.25, 0.3) is 0 Å². The molecule has 0 saturated carbocycles. The van der Waals surface area contributed by atoms with Gasteiger partial charge in [0.05, 0.1) is 33.8 Å². The van der Waals surface area contributed by atoms with Gasteiger partial charge >= 0.3 is 13.8 Å². The van der Waals surface area contributed by atoms with Crippen LogP contribution in [0.25, 0.3) is 0 Å². The summed E-state index contributed by atoms with van der Waals surface area (Å²) in [7, 11) is 1.50. The summed E-state index contributed by atoms with van der Waals surface area (Å²) in [5, 5.41) is 3.06. The van der Waals surface area contributed by atoms with E-state index < -0.39 is 20.0 Å². The number of carbonyl (C=O) groups is 2. The lowest BCUT2D eigenvalue weighted by Gasteiger charge is -2.27. The first-order valence-electron chi connectivity index (χ1n) is 31.8. The molecule has 2 N–H and O–H groups in total. The van der Waals surface area contributed by atoms with Gasteiger partial charge in [0.2, 0.25) is 5.91 Å². The molecule has 0 aromatic rings. The minimum atomic E-state index is -4.45. The van der Waals surface area contributed by atoms with E-state index in [4.69, 9.17) is 13.8 Å². The van der Waals surface area contributed by atoms with Crippen molar-refractivity contribution >= 4 is 19.7 Å². The van der Waals surface area contributed by atoms with Crippen molar-refractivity contribution in [3.63, 3.8) is 0 Å². The summed E-state index contributed by atoms with van der Waals surface area (Å²) < 4.78 is 30.7. The number of carbonyl (C=O) groups excluding carboxylic acids is 2. The fourth-order valence-electron chi connectivity index (χ4n) is 9.03. The molecule has 10 heteroatoms. The van der Waals surface area contributed by atoms with Gasteiger partial charge in [0.1, 0.15) is 19.3 Å². The highest BCUT2D eigenvalue weighted by Gasteiger charge is 2.30. The van der Waals surface area contributed by atoms with Crippen molar-refractivity contribution in [1.29, 1.82) is 0 Å². The van der Waals surface area contributed by atoms with E-state index in [2.05, 4.69) is 86.8 Å². The Labute approximate surface area is 470 Å². The second-order valence-corrected chi connectivity index (χ2v) is 24.0. The molecule has 1 amide bonds. The molecule has 0 saturated heterocycles. The summed E-state index contributed by atoms with van der Waals surface area (Å²) in [5.74, 6) is -0.504. The molecular weight excluding hydrogens is 964 g/mol. The molecule has 0 aliphatic carbocycles. The predicted molar refractivity (Wildman–Crippen MR) is 328 cm³/mol. The summed E-state index contributed by atoms with van der Waals surface area (Å²) >= 11 is 0. The molecule has 0 aliphatic rings. The molecule has 3 unspecified atom stereocenters. The number of hydrogen-bond donors (Lipinski definition) is 2. The Kier molecular flexibility index (Phi) is 53.9. The molecule has 0 aromatic carbocycles. The van der Waals surface area contributed by atoms with Crippen LogP contribution in [0.5, 0.6) is 0 Å². The number of ether oxygens (including phenoxy) is 1. The third-order valence-corrected chi connectivity index (χ3v) is 14.9. The first kappa shape index (κ1) is 73.5. The summed E-state index contributed by atoms with van der Waals surface area (Å²) in [4.78, 5) is 37.6. The third kappa shape index (κ3) is 56.2. The molecule has 0 aromatic heterocycles. The number of esters is 1. The van der Waals surface area contributed by atoms with Crippen LogP contribution in [-0.4, -0.2) is 74.3 Å². The SMILES string of the molecule is CC/C=C\C/C=C\C/C=C\C/C=C\C/C=C\CCCCCCCCCCCCCC(=O)NC(COP(=O)(O)OCC[N+](C)(C)C)C(/C=C\CCCCCCCCCCCC)OC(=O)CCCCCCCCCCCCC. The topological polar surface area (TPSA) is 111 Å². The molecule has 0 radical (unpaired) electrons. The van der Waals surface area contributed by atoms with E-state index in [0.717, 1.165) is 89.9 Å². The molecule has 0 rings (SSSR count). The maximum atomic E-state index is 13.5. The van der Waals surface area contributed by atoms with Gasteiger partial charge < -0.3 is 19.4 Å². The monoisotopic (exact) mass is 1090 g/mol. The Bertz CT molecular complexity index is 1530. The van der Waals surface area contributed by atoms with E-state index in [1.165, 1.54) is 161 Å². The average Bonchev–Trinajstić information content (AvgIpc) is 3.38. The Balaban J connectivity index is 5.03. The largest absolute Gasteiger partial charge is 0.472 e. The number of phosphoric ester groups is 1. The van der Waals surface area contributed by atoms with Crippen LogP contribution in [-0.2, 0) is 27.9 Å². The van der Waals surface area contributed by atoms with Crippen molar-refractivity contribution in [1.82, 2.24) is 5.32 Å². The number of unbranched alkanes of at least 4 members (excludes halogenated alkanes) is 31. The Morgan fingerprint density at radius 3 is 1.26 bits per heavy atom. The van der Waals surface area contributed by atoms with Crippen molar-refractivity contribution in [2.45, 2.75) is 296 Å². The molecule has 0 bridgehead atoms. The molecule has 0 aliphatic heterocycles. The summed E-state index contributed by atoms with van der Waals surface area (Å²) in [6, 6.07) is -0.849. The van der Waals surface area contributed by atoms with Gasteiger partial charge in [-0.15, -0.1) is 0 Å². The van der Waals surface area contributed by atoms with Crippen molar-refractivity contribution in [3.8, 4) is 0 Å². The number of allylic oxidation sites excluding steroid dienone is 11. The first-order chi connectivity index (χ1) is 36.9. The van der Waals surface area contributed by atoms with Crippen LogP contribution in [0.3, 0.4) is 0 Å². The highest BCUT2D eigenvalue weighted by atomic mass is 31.2. The van der Waals surface area contributed by atoms with E-state index in [-0.39, 0.29) is 25.1 Å². The van der Waals surface area contributed by atoms with Crippen molar-refractivity contribution in [2.75, 3.05) is 40.9 Å². The zero-order valence-electron chi connectivity index (χ0n) is 50.5. The Morgan fingerprint density at radius 2 is 0.842 bits per heavy atom. The standard InChI is InChI=1S/C66H121N2O7P/c1-7-10-13-16-19-22-25-27-28-29-30-31-32-33-34-35-36-37-38-39-40-41-44-46-49-52-55-58-65(69)67-63(62-74-76(71,72)73-61-60-68(4,5)6)64(57-54-51-48-45-43-26-23-20-17-14-11-8-2)75-66(70)59-56-53-50-47-42-24-21-18-15-12-9-3/h10,13,19,22,27-28,30-31,33-34,54,57,63-64H,7-9,11-12,14-18,20-21,23-26,29,32,35-53,55-56,58-62H2,1-6H3,(H-,67,69,71,72)/p+1/b13-10-,22-19-,28-27-,31-30-,34-33-,57-54-. The number of likely N-dealkylation sites (N-methyl/N-ethyl adjacent to an activating group) is 1. The molecule has 0 fully saturated rings. The lowest BCUT2D eigenvalue weighted by molar-refractivity contribution is -0.870. The molecule has 9 nitrogen and oxygen atoms in total. The lowest BCUT2D eigenvalue weighted by atomic mass is 10.0. The highest BCUT2D eigenvalue weighted by molar-refractivity contribution is 7.47. The van der Waals surface area contributed by atoms with E-state index >= 15 is 0 Å². The predicted octanol–water partition coefficient (Wildman–Crippen LogP) is 19.6. The minimum Gasteiger partial charge on any atom is -0.456 e. The molecule has 3 atom stereocenters. The third-order valence-electron chi connectivity index (χ3n) is 13.9. The van der Waals surface area contributed by atoms with Crippen molar-refractivity contribution < 1.29 is 37.3 Å². The van der Waals surface area contributed by atoms with Crippen LogP contribution in [0.1, 0.15) is 284 Å². The van der Waals surface area contributed by atoms with Crippen LogP contribution in [0.4, 0.5) is 0 Å². The average molecular weight is 1090 g/mol. The normalized spacial score (nSPS) is 14.1. The lowest BCUT2D eigenvalue weighted by Crippen LogP contribution is -2.47. The van der Waals surface area contributed by atoms with Gasteiger partial charge in [0.15, 0.2) is 0 Å². The van der Waals surface area contributed by atoms with E-state index in [0.29, 0.717) is 23.9 Å². The van der Waals surface area contributed by atoms with Crippen LogP contribution >= 0.6 is 7.82 Å². The van der Waals surface area contributed by atoms with Crippen molar-refractivity contribution in [2.24, 2.45) is 0 Å². The van der Waals surface area contributed by atoms with Gasteiger partial charge in [-0.3, -0.25) is 18.6 Å². The Morgan fingerprint density at radius 1 is 0.474 bits per heavy atom. The molecular formula is C66H122N2O7P+. The summed E-state index contributed by atoms with van der Waals surface area (Å²) in [5.41, 5.74) is 0. The van der Waals surface area contributed by atoms with Gasteiger partial charge in [0, 0.05) is 12.8 Å². The maximum Gasteiger partial charge on any atom is 0.472 e. The first-order valence-corrected chi connectivity index (χ1v) is 33.3. The van der Waals surface area contributed by atoms with Crippen LogP contribution in [0, 0.1) is 0 Å². The van der Waals surface area contributed by atoms with E-state index in [9.17, 15) is 19.0 Å². The second kappa shape index (κ2) is 55.8. The number of quaternary nitrogens is 1. The zero-order chi connectivity index (χ0) is 55.7. The molecule has 76 heavy (non-hydrogen) atoms. The van der Waals surface area contributed by atoms with Crippen LogP contribution in [0.15, 0.2) is 72.9 Å². The number of nitrogens with zero attached hydrogens (tertiary/aromatic N) is 1. The van der Waals surface area contributed by atoms with E-state index in [1.807, 2.05) is 33.3 Å². The van der Waals surface area contributed by atoms with Gasteiger partial charge in [-0.2, -0.15) is 0 Å². The highest BCUT2D eigenvalue weighted by Crippen LogP contribution is 2.43. The quantitative estimate of drug-likeness (QED) is 0.0205. The summed E-state index contributed by atoms with van der Waals surface area (Å²) in [6.07, 6.45) is 71.9. The zero-order valence-corrected chi connectivity index (χ0v) is 51.4. The summed E-state index contributed by atoms with van der Waals surface area (Å²) in [6.45, 7) is 6.90. The molecule has 0 spiro atoms. The number of rotatable bonds is 57. The van der Waals surface area contributed by atoms with Gasteiger partial charge in [-0.1, -0.05) is 267 Å². The minimum absolute atomic E-state index is 0.0391. The van der Waals surface area contributed by atoms with Gasteiger partial charge in [-0.05, 0) is 76.7 Å².